The van der Waals surface area contributed by atoms with E-state index in [2.05, 4.69) is 10.2 Å². The van der Waals surface area contributed by atoms with E-state index in [0.717, 1.165) is 12.8 Å². The molecule has 0 aromatic carbocycles. The van der Waals surface area contributed by atoms with Crippen molar-refractivity contribution < 1.29 is 9.90 Å². The highest BCUT2D eigenvalue weighted by Gasteiger charge is 2.23. The number of aromatic amines is 1. The number of carboxylic acids is 1. The summed E-state index contributed by atoms with van der Waals surface area (Å²) < 4.78 is 2.37. The van der Waals surface area contributed by atoms with Gasteiger partial charge in [0.1, 0.15) is 12.2 Å². The van der Waals surface area contributed by atoms with Crippen molar-refractivity contribution in [3.63, 3.8) is 0 Å². The van der Waals surface area contributed by atoms with Crippen LogP contribution in [0.15, 0.2) is 0 Å². The molecule has 1 heterocycles. The highest BCUT2D eigenvalue weighted by Crippen LogP contribution is 2.32. The minimum atomic E-state index is -0.875. The van der Waals surface area contributed by atoms with Gasteiger partial charge >= 0.3 is 5.97 Å². The molecule has 1 fully saturated rings. The van der Waals surface area contributed by atoms with Crippen LogP contribution in [0.25, 0.3) is 0 Å². The van der Waals surface area contributed by atoms with Crippen LogP contribution in [0.5, 0.6) is 0 Å². The number of hydrogen-bond acceptors (Lipinski definition) is 3. The molecular weight excluding hydrogens is 202 g/mol. The van der Waals surface area contributed by atoms with E-state index in [-0.39, 0.29) is 6.42 Å². The molecule has 2 N–H and O–H groups in total. The Bertz CT molecular complexity index is 405. The third-order valence-electron chi connectivity index (χ3n) is 2.53. The van der Waals surface area contributed by atoms with E-state index in [4.69, 9.17) is 17.3 Å². The van der Waals surface area contributed by atoms with Crippen molar-refractivity contribution in [1.82, 2.24) is 14.8 Å². The first kappa shape index (κ1) is 9.39. The maximum absolute atomic E-state index is 10.6. The number of nitrogens with zero attached hydrogens (tertiary/aromatic N) is 2. The highest BCUT2D eigenvalue weighted by molar-refractivity contribution is 7.71. The number of H-pyrrole nitrogens is 1. The summed E-state index contributed by atoms with van der Waals surface area (Å²) in [5, 5.41) is 15.2. The van der Waals surface area contributed by atoms with Crippen molar-refractivity contribution in [2.45, 2.75) is 31.7 Å². The Balaban J connectivity index is 2.30. The van der Waals surface area contributed by atoms with E-state index in [1.54, 1.807) is 0 Å². The second kappa shape index (κ2) is 3.53. The molecule has 0 aliphatic heterocycles. The number of nitrogens with one attached hydrogen (secondary N) is 1. The normalized spacial score (nSPS) is 16.6. The van der Waals surface area contributed by atoms with Crippen LogP contribution in [0.4, 0.5) is 0 Å². The lowest BCUT2D eigenvalue weighted by Gasteiger charge is -2.27. The molecule has 14 heavy (non-hydrogen) atoms. The van der Waals surface area contributed by atoms with Crippen molar-refractivity contribution in [3.8, 4) is 0 Å². The van der Waals surface area contributed by atoms with Gasteiger partial charge in [0.25, 0.3) is 0 Å². The predicted molar refractivity (Wildman–Crippen MR) is 51.6 cm³/mol. The second-order valence-corrected chi connectivity index (χ2v) is 3.86. The van der Waals surface area contributed by atoms with E-state index >= 15 is 0 Å². The molecule has 5 nitrogen and oxygen atoms in total. The van der Waals surface area contributed by atoms with Gasteiger partial charge in [-0.25, -0.2) is 0 Å². The lowest BCUT2D eigenvalue weighted by molar-refractivity contribution is -0.136. The zero-order chi connectivity index (χ0) is 10.1. The van der Waals surface area contributed by atoms with E-state index in [9.17, 15) is 4.79 Å². The Labute approximate surface area is 85.8 Å². The van der Waals surface area contributed by atoms with Gasteiger partial charge < -0.3 is 9.67 Å². The average molecular weight is 213 g/mol. The van der Waals surface area contributed by atoms with E-state index in [1.165, 1.54) is 6.42 Å². The Morgan fingerprint density at radius 2 is 2.43 bits per heavy atom. The average Bonchev–Trinajstić information content (AvgIpc) is 2.32. The number of carboxylic acid groups (broad SMARTS) is 1. The molecule has 0 atom stereocenters. The van der Waals surface area contributed by atoms with E-state index < -0.39 is 5.97 Å². The molecule has 0 saturated heterocycles. The van der Waals surface area contributed by atoms with Crippen LogP contribution in [-0.4, -0.2) is 25.8 Å². The first-order valence-electron chi connectivity index (χ1n) is 4.56. The summed E-state index contributed by atoms with van der Waals surface area (Å²) in [6.07, 6.45) is 3.26. The third-order valence-corrected chi connectivity index (χ3v) is 2.81. The van der Waals surface area contributed by atoms with Crippen molar-refractivity contribution in [3.05, 3.63) is 10.6 Å². The van der Waals surface area contributed by atoms with Crippen molar-refractivity contribution in [2.75, 3.05) is 0 Å². The summed E-state index contributed by atoms with van der Waals surface area (Å²) in [6.45, 7) is 0. The lowest BCUT2D eigenvalue weighted by Crippen LogP contribution is -2.20. The van der Waals surface area contributed by atoms with Crippen molar-refractivity contribution in [1.29, 1.82) is 0 Å². The van der Waals surface area contributed by atoms with E-state index in [0.29, 0.717) is 16.6 Å². The number of aromatic nitrogens is 3. The molecule has 1 aromatic heterocycles. The van der Waals surface area contributed by atoms with Crippen LogP contribution in [0.1, 0.15) is 31.1 Å². The van der Waals surface area contributed by atoms with Gasteiger partial charge in [-0.3, -0.25) is 9.89 Å². The summed E-state index contributed by atoms with van der Waals surface area (Å²) in [5.41, 5.74) is 0. The van der Waals surface area contributed by atoms with Crippen LogP contribution in [0.3, 0.4) is 0 Å². The number of hydrogen-bond donors (Lipinski definition) is 2. The molecule has 76 valence electrons. The molecule has 1 aliphatic carbocycles. The monoisotopic (exact) mass is 213 g/mol. The molecule has 1 saturated carbocycles. The fraction of sp³-hybridized carbons (Fsp3) is 0.625. The Morgan fingerprint density at radius 3 is 2.93 bits per heavy atom. The van der Waals surface area contributed by atoms with E-state index in [1.807, 2.05) is 4.57 Å². The molecule has 0 spiro atoms. The third kappa shape index (κ3) is 1.57. The molecule has 6 heteroatoms. The van der Waals surface area contributed by atoms with Crippen molar-refractivity contribution >= 4 is 18.2 Å². The molecule has 0 radical (unpaired) electrons. The van der Waals surface area contributed by atoms with Crippen molar-refractivity contribution in [2.24, 2.45) is 0 Å². The van der Waals surface area contributed by atoms with Gasteiger partial charge in [-0.1, -0.05) is 0 Å². The topological polar surface area (TPSA) is 70.9 Å². The summed E-state index contributed by atoms with van der Waals surface area (Å²) in [5.74, 6) is -0.341. The molecule has 1 aliphatic rings. The smallest absolute Gasteiger partial charge is 0.311 e. The van der Waals surface area contributed by atoms with Gasteiger partial charge in [0.15, 0.2) is 4.77 Å². The van der Waals surface area contributed by atoms with Gasteiger partial charge in [-0.05, 0) is 31.5 Å². The van der Waals surface area contributed by atoms with Crippen LogP contribution in [0, 0.1) is 4.77 Å². The van der Waals surface area contributed by atoms with Crippen LogP contribution < -0.4 is 0 Å². The zero-order valence-electron chi connectivity index (χ0n) is 7.56. The summed E-state index contributed by atoms with van der Waals surface area (Å²) in [4.78, 5) is 10.6. The number of rotatable bonds is 3. The van der Waals surface area contributed by atoms with Gasteiger partial charge in [0, 0.05) is 6.04 Å². The standard InChI is InChI=1S/C8H11N3O2S/c12-7(13)4-6-9-10-8(14)11(6)5-2-1-3-5/h5H,1-4H2,(H,10,14)(H,12,13). The first-order chi connectivity index (χ1) is 6.68. The van der Waals surface area contributed by atoms with Crippen LogP contribution in [-0.2, 0) is 11.2 Å². The molecule has 0 amide bonds. The fourth-order valence-electron chi connectivity index (χ4n) is 1.62. The molecule has 2 rings (SSSR count). The van der Waals surface area contributed by atoms with Gasteiger partial charge in [0.2, 0.25) is 0 Å². The number of carbonyl (C=O) groups is 1. The largest absolute Gasteiger partial charge is 0.481 e. The van der Waals surface area contributed by atoms with Gasteiger partial charge in [-0.15, -0.1) is 0 Å². The van der Waals surface area contributed by atoms with Crippen LogP contribution in [0.2, 0.25) is 0 Å². The number of aliphatic carboxylic acids is 1. The zero-order valence-corrected chi connectivity index (χ0v) is 8.38. The Hall–Kier alpha value is -1.17. The quantitative estimate of drug-likeness (QED) is 0.742. The predicted octanol–water partition coefficient (Wildman–Crippen LogP) is 1.29. The van der Waals surface area contributed by atoms with Gasteiger partial charge in [0.05, 0.1) is 0 Å². The molecular formula is C8H11N3O2S. The molecule has 1 aromatic rings. The molecule has 0 unspecified atom stereocenters. The fourth-order valence-corrected chi connectivity index (χ4v) is 1.92. The maximum atomic E-state index is 10.6. The Morgan fingerprint density at radius 1 is 1.71 bits per heavy atom. The Kier molecular flexibility index (Phi) is 2.37. The van der Waals surface area contributed by atoms with Crippen LogP contribution >= 0.6 is 12.2 Å². The highest BCUT2D eigenvalue weighted by atomic mass is 32.1. The summed E-state index contributed by atoms with van der Waals surface area (Å²) in [7, 11) is 0. The SMILES string of the molecule is O=C(O)Cc1n[nH]c(=S)n1C1CCC1. The lowest BCUT2D eigenvalue weighted by atomic mass is 9.93. The van der Waals surface area contributed by atoms with Gasteiger partial charge in [-0.2, -0.15) is 5.10 Å². The molecule has 0 bridgehead atoms. The minimum absolute atomic E-state index is 0.0658. The second-order valence-electron chi connectivity index (χ2n) is 3.47. The summed E-state index contributed by atoms with van der Waals surface area (Å²) in [6, 6.07) is 0.357. The maximum Gasteiger partial charge on any atom is 0.311 e. The summed E-state index contributed by atoms with van der Waals surface area (Å²) >= 11 is 5.05. The first-order valence-corrected chi connectivity index (χ1v) is 4.97. The minimum Gasteiger partial charge on any atom is -0.481 e.